The van der Waals surface area contributed by atoms with Crippen molar-refractivity contribution < 1.29 is 14.3 Å². The molecule has 31 heavy (non-hydrogen) atoms. The molecule has 0 unspecified atom stereocenters. The Morgan fingerprint density at radius 2 is 1.68 bits per heavy atom. The van der Waals surface area contributed by atoms with Crippen LogP contribution in [0.5, 0.6) is 5.75 Å². The number of hydrogen-bond donors (Lipinski definition) is 0. The van der Waals surface area contributed by atoms with Crippen molar-refractivity contribution in [3.05, 3.63) is 101 Å². The third-order valence-corrected chi connectivity index (χ3v) is 5.83. The van der Waals surface area contributed by atoms with E-state index in [1.165, 1.54) is 0 Å². The molecule has 0 saturated heterocycles. The number of carbonyl (C=O) groups excluding carboxylic acids is 1. The van der Waals surface area contributed by atoms with E-state index < -0.39 is 0 Å². The number of ether oxygens (including phenoxy) is 2. The summed E-state index contributed by atoms with van der Waals surface area (Å²) in [6.45, 7) is 2.67. The molecule has 0 saturated carbocycles. The average molecular weight is 430 g/mol. The Morgan fingerprint density at radius 3 is 2.42 bits per heavy atom. The number of aromatic nitrogens is 1. The van der Waals surface area contributed by atoms with Gasteiger partial charge in [-0.25, -0.2) is 9.78 Å². The Balaban J connectivity index is 1.51. The number of fused-ring (bicyclic) bond motifs is 1. The molecule has 0 aliphatic rings. The van der Waals surface area contributed by atoms with Crippen molar-refractivity contribution in [2.75, 3.05) is 6.61 Å². The van der Waals surface area contributed by atoms with Gasteiger partial charge in [-0.15, -0.1) is 11.3 Å². The number of carbonyl (C=O) groups is 1. The van der Waals surface area contributed by atoms with Crippen LogP contribution in [-0.2, 0) is 22.6 Å². The van der Waals surface area contributed by atoms with E-state index >= 15 is 0 Å². The fourth-order valence-corrected chi connectivity index (χ4v) is 4.17. The Labute approximate surface area is 185 Å². The fraction of sp³-hybridized carbons (Fsp3) is 0.154. The fourth-order valence-electron chi connectivity index (χ4n) is 3.19. The van der Waals surface area contributed by atoms with E-state index in [0.29, 0.717) is 19.6 Å². The van der Waals surface area contributed by atoms with Crippen LogP contribution < -0.4 is 4.74 Å². The van der Waals surface area contributed by atoms with E-state index in [4.69, 9.17) is 14.5 Å². The van der Waals surface area contributed by atoms with E-state index in [-0.39, 0.29) is 5.97 Å². The highest BCUT2D eigenvalue weighted by molar-refractivity contribution is 7.19. The van der Waals surface area contributed by atoms with Crippen molar-refractivity contribution in [2.24, 2.45) is 0 Å². The van der Waals surface area contributed by atoms with Crippen LogP contribution in [0.2, 0.25) is 0 Å². The Hall–Kier alpha value is -3.44. The monoisotopic (exact) mass is 429 g/mol. The van der Waals surface area contributed by atoms with Gasteiger partial charge in [0.25, 0.3) is 0 Å². The van der Waals surface area contributed by atoms with Crippen LogP contribution in [0.3, 0.4) is 0 Å². The highest BCUT2D eigenvalue weighted by Gasteiger charge is 2.12. The first kappa shape index (κ1) is 20.8. The van der Waals surface area contributed by atoms with Crippen LogP contribution >= 0.6 is 11.3 Å². The molecule has 1 aromatic heterocycles. The lowest BCUT2D eigenvalue weighted by atomic mass is 10.0. The number of esters is 1. The summed E-state index contributed by atoms with van der Waals surface area (Å²) < 4.78 is 12.1. The zero-order valence-corrected chi connectivity index (χ0v) is 18.1. The Bertz CT molecular complexity index is 1150. The molecule has 3 aromatic carbocycles. The number of benzene rings is 3. The number of thiazole rings is 1. The SMILES string of the molecule is CCOC(=O)C=C(Cc1ccc(OCc2ccccc2)cc1)c1nc2ccccc2s1. The zero-order valence-electron chi connectivity index (χ0n) is 17.3. The number of para-hydroxylation sites is 1. The highest BCUT2D eigenvalue weighted by atomic mass is 32.1. The smallest absolute Gasteiger partial charge is 0.331 e. The van der Waals surface area contributed by atoms with Gasteiger partial charge >= 0.3 is 5.97 Å². The largest absolute Gasteiger partial charge is 0.489 e. The first-order chi connectivity index (χ1) is 15.2. The Morgan fingerprint density at radius 1 is 0.935 bits per heavy atom. The van der Waals surface area contributed by atoms with E-state index in [0.717, 1.165) is 37.7 Å². The molecule has 0 spiro atoms. The molecule has 0 N–H and O–H groups in total. The minimum absolute atomic E-state index is 0.343. The molecule has 0 atom stereocenters. The minimum atomic E-state index is -0.348. The molecular weight excluding hydrogens is 406 g/mol. The van der Waals surface area contributed by atoms with Gasteiger partial charge in [-0.3, -0.25) is 0 Å². The van der Waals surface area contributed by atoms with Crippen LogP contribution in [0.15, 0.2) is 84.9 Å². The van der Waals surface area contributed by atoms with Gasteiger partial charge in [-0.05, 0) is 47.9 Å². The van der Waals surface area contributed by atoms with Crippen LogP contribution in [0.4, 0.5) is 0 Å². The van der Waals surface area contributed by atoms with Crippen LogP contribution in [0, 0.1) is 0 Å². The van der Waals surface area contributed by atoms with Gasteiger partial charge in [0.05, 0.1) is 16.8 Å². The molecule has 0 amide bonds. The second kappa shape index (κ2) is 10.0. The van der Waals surface area contributed by atoms with Crippen molar-refractivity contribution in [1.29, 1.82) is 0 Å². The molecule has 4 rings (SSSR count). The van der Waals surface area contributed by atoms with Gasteiger partial charge in [0.2, 0.25) is 0 Å². The maximum absolute atomic E-state index is 12.2. The molecule has 5 heteroatoms. The summed E-state index contributed by atoms with van der Waals surface area (Å²) in [6.07, 6.45) is 2.14. The average Bonchev–Trinajstić information content (AvgIpc) is 3.23. The van der Waals surface area contributed by atoms with Crippen LogP contribution in [0.1, 0.15) is 23.1 Å². The van der Waals surface area contributed by atoms with Crippen molar-refractivity contribution >= 4 is 33.1 Å². The molecule has 4 aromatic rings. The molecule has 156 valence electrons. The predicted octanol–water partition coefficient (Wildman–Crippen LogP) is 6.06. The summed E-state index contributed by atoms with van der Waals surface area (Å²) in [4.78, 5) is 16.9. The van der Waals surface area contributed by atoms with Gasteiger partial charge in [0.15, 0.2) is 0 Å². The van der Waals surface area contributed by atoms with Crippen molar-refractivity contribution in [3.63, 3.8) is 0 Å². The molecule has 0 bridgehead atoms. The summed E-state index contributed by atoms with van der Waals surface area (Å²) in [6, 6.07) is 26.0. The summed E-state index contributed by atoms with van der Waals surface area (Å²) in [5.74, 6) is 0.461. The first-order valence-corrected chi connectivity index (χ1v) is 11.0. The van der Waals surface area contributed by atoms with Gasteiger partial charge in [0.1, 0.15) is 17.4 Å². The minimum Gasteiger partial charge on any atom is -0.489 e. The number of nitrogens with zero attached hydrogens (tertiary/aromatic N) is 1. The van der Waals surface area contributed by atoms with E-state index in [2.05, 4.69) is 0 Å². The summed E-state index contributed by atoms with van der Waals surface area (Å²) >= 11 is 1.58. The van der Waals surface area contributed by atoms with E-state index in [1.807, 2.05) is 78.9 Å². The second-order valence-corrected chi connectivity index (χ2v) is 8.03. The van der Waals surface area contributed by atoms with Gasteiger partial charge < -0.3 is 9.47 Å². The topological polar surface area (TPSA) is 48.4 Å². The number of rotatable bonds is 8. The molecule has 4 nitrogen and oxygen atoms in total. The summed E-state index contributed by atoms with van der Waals surface area (Å²) in [5.41, 5.74) is 3.98. The van der Waals surface area contributed by atoms with Crippen molar-refractivity contribution in [1.82, 2.24) is 4.98 Å². The molecule has 1 heterocycles. The highest BCUT2D eigenvalue weighted by Crippen LogP contribution is 2.29. The maximum Gasteiger partial charge on any atom is 0.331 e. The summed E-state index contributed by atoms with van der Waals surface area (Å²) in [7, 11) is 0. The first-order valence-electron chi connectivity index (χ1n) is 10.2. The van der Waals surface area contributed by atoms with E-state index in [1.54, 1.807) is 24.3 Å². The predicted molar refractivity (Wildman–Crippen MR) is 125 cm³/mol. The summed E-state index contributed by atoms with van der Waals surface area (Å²) in [5, 5.41) is 0.832. The third-order valence-electron chi connectivity index (χ3n) is 4.71. The lowest BCUT2D eigenvalue weighted by Crippen LogP contribution is -2.02. The maximum atomic E-state index is 12.2. The molecule has 0 fully saturated rings. The normalized spacial score (nSPS) is 11.5. The number of allylic oxidation sites excluding steroid dienone is 1. The standard InChI is InChI=1S/C26H23NO3S/c1-2-29-25(28)17-21(26-27-23-10-6-7-11-24(23)31-26)16-19-12-14-22(15-13-19)30-18-20-8-4-3-5-9-20/h3-15,17H,2,16,18H2,1H3. The van der Waals surface area contributed by atoms with Crippen molar-refractivity contribution in [2.45, 2.75) is 20.0 Å². The van der Waals surface area contributed by atoms with Gasteiger partial charge in [-0.1, -0.05) is 54.6 Å². The molecular formula is C26H23NO3S. The van der Waals surface area contributed by atoms with Gasteiger partial charge in [-0.2, -0.15) is 0 Å². The van der Waals surface area contributed by atoms with Crippen LogP contribution in [0.25, 0.3) is 15.8 Å². The third kappa shape index (κ3) is 5.58. The van der Waals surface area contributed by atoms with Crippen LogP contribution in [-0.4, -0.2) is 17.6 Å². The lowest BCUT2D eigenvalue weighted by Gasteiger charge is -2.09. The quantitative estimate of drug-likeness (QED) is 0.252. The Kier molecular flexibility index (Phi) is 6.75. The van der Waals surface area contributed by atoms with Crippen molar-refractivity contribution in [3.8, 4) is 5.75 Å². The number of hydrogen-bond acceptors (Lipinski definition) is 5. The zero-order chi connectivity index (χ0) is 21.5. The molecule has 0 radical (unpaired) electrons. The van der Waals surface area contributed by atoms with Gasteiger partial charge in [0, 0.05) is 12.5 Å². The van der Waals surface area contributed by atoms with E-state index in [9.17, 15) is 4.79 Å². The second-order valence-electron chi connectivity index (χ2n) is 7.00. The molecule has 0 aliphatic carbocycles. The lowest BCUT2D eigenvalue weighted by molar-refractivity contribution is -0.137. The molecule has 0 aliphatic heterocycles.